The van der Waals surface area contributed by atoms with Crippen molar-refractivity contribution in [3.63, 3.8) is 0 Å². The van der Waals surface area contributed by atoms with E-state index < -0.39 is 11.9 Å². The molecular weight excluding hydrogens is 625 g/mol. The number of aromatic nitrogens is 4. The highest BCUT2D eigenvalue weighted by molar-refractivity contribution is 8.01. The molecule has 0 fully saturated rings. The molecule has 0 saturated carbocycles. The van der Waals surface area contributed by atoms with Gasteiger partial charge >= 0.3 is 0 Å². The maximum Gasteiger partial charge on any atom is 0.220 e. The zero-order valence-electron chi connectivity index (χ0n) is 22.6. The van der Waals surface area contributed by atoms with Crippen LogP contribution in [0.15, 0.2) is 116 Å². The van der Waals surface area contributed by atoms with E-state index in [1.54, 1.807) is 65.8 Å². The lowest BCUT2D eigenvalue weighted by atomic mass is 10.1. The Bertz CT molecular complexity index is 1800. The first-order chi connectivity index (χ1) is 21.1. The van der Waals surface area contributed by atoms with Gasteiger partial charge in [-0.2, -0.15) is 8.78 Å². The van der Waals surface area contributed by atoms with Gasteiger partial charge < -0.3 is 5.32 Å². The lowest BCUT2D eigenvalue weighted by Crippen LogP contribution is -2.02. The second kappa shape index (κ2) is 15.1. The summed E-state index contributed by atoms with van der Waals surface area (Å²) in [5.74, 6) is -0.991. The molecule has 0 aliphatic carbocycles. The van der Waals surface area contributed by atoms with E-state index >= 15 is 0 Å². The summed E-state index contributed by atoms with van der Waals surface area (Å²) in [6.45, 7) is 0.752. The Kier molecular flexibility index (Phi) is 10.7. The molecule has 43 heavy (non-hydrogen) atoms. The Hall–Kier alpha value is -3.81. The summed E-state index contributed by atoms with van der Waals surface area (Å²) >= 11 is 5.92. The van der Waals surface area contributed by atoms with Gasteiger partial charge in [0.2, 0.25) is 11.9 Å². The van der Waals surface area contributed by atoms with Crippen molar-refractivity contribution in [3.8, 4) is 22.3 Å². The minimum Gasteiger partial charge on any atom is -0.315 e. The summed E-state index contributed by atoms with van der Waals surface area (Å²) in [5, 5.41) is 4.82. The van der Waals surface area contributed by atoms with Gasteiger partial charge in [-0.15, -0.1) is 22.7 Å². The predicted octanol–water partition coefficient (Wildman–Crippen LogP) is 8.52. The molecule has 0 bridgehead atoms. The highest BCUT2D eigenvalue weighted by atomic mass is 32.2. The average molecular weight is 648 g/mol. The number of thiophene rings is 2. The van der Waals surface area contributed by atoms with Gasteiger partial charge in [0.1, 0.15) is 10.1 Å². The molecule has 6 nitrogen and oxygen atoms in total. The molecule has 0 aliphatic heterocycles. The molecule has 1 N–H and O–H groups in total. The second-order valence-electron chi connectivity index (χ2n) is 8.64. The molecule has 0 aromatic carbocycles. The molecule has 0 spiro atoms. The third kappa shape index (κ3) is 7.98. The number of hydrogen-bond donors (Lipinski definition) is 1. The zero-order valence-corrected chi connectivity index (χ0v) is 25.9. The highest BCUT2D eigenvalue weighted by Crippen LogP contribution is 2.43. The maximum absolute atomic E-state index is 14.0. The Morgan fingerprint density at radius 1 is 0.698 bits per heavy atom. The molecule has 0 aliphatic rings. The molecule has 6 heterocycles. The topological polar surface area (TPSA) is 80.7 Å². The van der Waals surface area contributed by atoms with Crippen LogP contribution in [-0.2, 0) is 6.54 Å². The smallest absolute Gasteiger partial charge is 0.220 e. The van der Waals surface area contributed by atoms with Crippen molar-refractivity contribution in [2.75, 3.05) is 7.05 Å². The lowest BCUT2D eigenvalue weighted by molar-refractivity contribution is 0.112. The van der Waals surface area contributed by atoms with Gasteiger partial charge in [0.15, 0.2) is 6.29 Å². The summed E-state index contributed by atoms with van der Waals surface area (Å²) in [7, 11) is 1.90. The SMILES string of the molecule is CNCc1cc(-c2cccnc2F)c(Sc2ccccn2)s1.O=Cc1cc(-c2cccnc2F)c(Sc2ccccn2)s1. The number of hydrogen-bond acceptors (Lipinski definition) is 10. The van der Waals surface area contributed by atoms with Crippen LogP contribution >= 0.6 is 46.2 Å². The third-order valence-corrected chi connectivity index (χ3v) is 10.2. The Balaban J connectivity index is 0.000000171. The minimum atomic E-state index is -0.546. The second-order valence-corrected chi connectivity index (χ2v) is 13.4. The molecule has 0 atom stereocenters. The van der Waals surface area contributed by atoms with E-state index in [-0.39, 0.29) is 0 Å². The van der Waals surface area contributed by atoms with Crippen LogP contribution < -0.4 is 5.32 Å². The number of carbonyl (C=O) groups is 1. The number of nitrogens with zero attached hydrogens (tertiary/aromatic N) is 4. The number of nitrogens with one attached hydrogen (secondary N) is 1. The maximum atomic E-state index is 14.0. The normalized spacial score (nSPS) is 10.7. The van der Waals surface area contributed by atoms with Crippen LogP contribution in [0.2, 0.25) is 0 Å². The molecule has 0 radical (unpaired) electrons. The predicted molar refractivity (Wildman–Crippen MR) is 170 cm³/mol. The van der Waals surface area contributed by atoms with Gasteiger partial charge in [0.05, 0.1) is 13.3 Å². The first-order valence-electron chi connectivity index (χ1n) is 12.8. The van der Waals surface area contributed by atoms with Crippen molar-refractivity contribution in [3.05, 3.63) is 119 Å². The van der Waals surface area contributed by atoms with Gasteiger partial charge in [0.25, 0.3) is 0 Å². The van der Waals surface area contributed by atoms with Crippen molar-refractivity contribution >= 4 is 52.5 Å². The number of halogens is 2. The van der Waals surface area contributed by atoms with Crippen LogP contribution in [0.4, 0.5) is 8.78 Å². The van der Waals surface area contributed by atoms with Crippen LogP contribution in [0.3, 0.4) is 0 Å². The molecule has 0 unspecified atom stereocenters. The molecular formula is C31H23F2N5OS4. The van der Waals surface area contributed by atoms with Crippen LogP contribution in [0.5, 0.6) is 0 Å². The first kappa shape index (κ1) is 30.6. The Morgan fingerprint density at radius 3 is 1.72 bits per heavy atom. The summed E-state index contributed by atoms with van der Waals surface area (Å²) in [4.78, 5) is 28.7. The zero-order chi connectivity index (χ0) is 30.0. The number of rotatable bonds is 9. The van der Waals surface area contributed by atoms with Gasteiger partial charge in [-0.25, -0.2) is 19.9 Å². The van der Waals surface area contributed by atoms with E-state index in [2.05, 4.69) is 25.3 Å². The van der Waals surface area contributed by atoms with Crippen molar-refractivity contribution in [1.29, 1.82) is 0 Å². The average Bonchev–Trinajstić information content (AvgIpc) is 3.62. The van der Waals surface area contributed by atoms with E-state index in [1.807, 2.05) is 49.5 Å². The third-order valence-electron chi connectivity index (χ3n) is 5.70. The lowest BCUT2D eigenvalue weighted by Gasteiger charge is -2.03. The first-order valence-corrected chi connectivity index (χ1v) is 16.1. The summed E-state index contributed by atoms with van der Waals surface area (Å²) in [6, 6.07) is 21.9. The number of carbonyl (C=O) groups excluding carboxylic acids is 1. The van der Waals surface area contributed by atoms with Gasteiger partial charge in [-0.1, -0.05) is 35.7 Å². The molecule has 12 heteroatoms. The largest absolute Gasteiger partial charge is 0.315 e. The van der Waals surface area contributed by atoms with Gasteiger partial charge in [-0.05, 0) is 67.7 Å². The van der Waals surface area contributed by atoms with Crippen molar-refractivity contribution < 1.29 is 13.6 Å². The molecule has 6 aromatic rings. The number of pyridine rings is 4. The van der Waals surface area contributed by atoms with Crippen LogP contribution in [0.25, 0.3) is 22.3 Å². The minimum absolute atomic E-state index is 0.389. The van der Waals surface area contributed by atoms with Gasteiger partial charge in [-0.3, -0.25) is 4.79 Å². The highest BCUT2D eigenvalue weighted by Gasteiger charge is 2.17. The van der Waals surface area contributed by atoms with E-state index in [9.17, 15) is 13.6 Å². The Labute approximate surface area is 263 Å². The standard InChI is InChI=1S/C16H14FN3S2.C15H9FN2OS2/c1-18-10-11-9-13(12-5-4-8-20-15(12)17)16(21-11)22-14-6-2-3-7-19-14;16-14-11(4-3-7-18-14)12-8-10(9-19)20-15(12)21-13-5-1-2-6-17-13/h2-9,18H,10H2,1H3;1-9H. The van der Waals surface area contributed by atoms with E-state index in [4.69, 9.17) is 0 Å². The quantitative estimate of drug-likeness (QED) is 0.124. The fourth-order valence-electron chi connectivity index (χ4n) is 3.84. The summed E-state index contributed by atoms with van der Waals surface area (Å²) in [5.41, 5.74) is 2.46. The van der Waals surface area contributed by atoms with Crippen molar-refractivity contribution in [2.45, 2.75) is 25.0 Å². The fraction of sp³-hybridized carbons (Fsp3) is 0.0645. The fourth-order valence-corrected chi connectivity index (χ4v) is 8.38. The van der Waals surface area contributed by atoms with Crippen LogP contribution in [0, 0.1) is 11.9 Å². The molecule has 0 amide bonds. The van der Waals surface area contributed by atoms with Crippen LogP contribution in [0.1, 0.15) is 14.5 Å². The Morgan fingerprint density at radius 2 is 1.23 bits per heavy atom. The molecule has 6 rings (SSSR count). The van der Waals surface area contributed by atoms with E-state index in [0.717, 1.165) is 41.7 Å². The molecule has 6 aromatic heterocycles. The van der Waals surface area contributed by atoms with E-state index in [0.29, 0.717) is 21.6 Å². The summed E-state index contributed by atoms with van der Waals surface area (Å²) in [6.07, 6.45) is 7.09. The van der Waals surface area contributed by atoms with Crippen LogP contribution in [-0.4, -0.2) is 33.3 Å². The van der Waals surface area contributed by atoms with E-state index in [1.165, 1.54) is 35.5 Å². The van der Waals surface area contributed by atoms with Crippen molar-refractivity contribution in [1.82, 2.24) is 25.3 Å². The number of aldehydes is 1. The molecule has 216 valence electrons. The molecule has 0 saturated heterocycles. The summed E-state index contributed by atoms with van der Waals surface area (Å²) < 4.78 is 29.8. The van der Waals surface area contributed by atoms with Crippen molar-refractivity contribution in [2.24, 2.45) is 0 Å². The van der Waals surface area contributed by atoms with Gasteiger partial charge in [0, 0.05) is 58.5 Å². The monoisotopic (exact) mass is 647 g/mol.